The van der Waals surface area contributed by atoms with Crippen molar-refractivity contribution < 1.29 is 0 Å². The SMILES string of the molecule is CCc1cc2ncc(CN3C[C@H](C)[C@H]3C)cc2[nH]c1=O. The highest BCUT2D eigenvalue weighted by atomic mass is 16.1. The molecule has 0 radical (unpaired) electrons. The fourth-order valence-electron chi connectivity index (χ4n) is 2.87. The third kappa shape index (κ3) is 2.24. The molecular weight excluding hydrogens is 250 g/mol. The molecule has 0 unspecified atom stereocenters. The van der Waals surface area contributed by atoms with E-state index in [4.69, 9.17) is 0 Å². The summed E-state index contributed by atoms with van der Waals surface area (Å²) < 4.78 is 0. The molecule has 1 N–H and O–H groups in total. The summed E-state index contributed by atoms with van der Waals surface area (Å²) in [7, 11) is 0. The molecule has 20 heavy (non-hydrogen) atoms. The van der Waals surface area contributed by atoms with Crippen LogP contribution < -0.4 is 5.56 Å². The molecule has 1 aliphatic heterocycles. The molecule has 0 saturated carbocycles. The van der Waals surface area contributed by atoms with E-state index in [1.165, 1.54) is 0 Å². The first-order chi connectivity index (χ1) is 9.58. The summed E-state index contributed by atoms with van der Waals surface area (Å²) in [6.45, 7) is 8.58. The number of likely N-dealkylation sites (tertiary alicyclic amines) is 1. The van der Waals surface area contributed by atoms with Gasteiger partial charge in [-0.15, -0.1) is 0 Å². The number of hydrogen-bond donors (Lipinski definition) is 1. The highest BCUT2D eigenvalue weighted by Gasteiger charge is 2.31. The average Bonchev–Trinajstić information content (AvgIpc) is 2.45. The second-order valence-corrected chi connectivity index (χ2v) is 5.90. The molecule has 3 heterocycles. The predicted octanol–water partition coefficient (Wildman–Crippen LogP) is 2.33. The number of aromatic amines is 1. The quantitative estimate of drug-likeness (QED) is 0.932. The zero-order chi connectivity index (χ0) is 14.3. The van der Waals surface area contributed by atoms with Crippen molar-refractivity contribution in [3.8, 4) is 0 Å². The van der Waals surface area contributed by atoms with Crippen molar-refractivity contribution in [1.82, 2.24) is 14.9 Å². The Hall–Kier alpha value is -1.68. The lowest BCUT2D eigenvalue weighted by atomic mass is 9.91. The van der Waals surface area contributed by atoms with Crippen molar-refractivity contribution in [2.75, 3.05) is 6.54 Å². The van der Waals surface area contributed by atoms with Crippen molar-refractivity contribution >= 4 is 11.0 Å². The van der Waals surface area contributed by atoms with Crippen molar-refractivity contribution in [3.63, 3.8) is 0 Å². The smallest absolute Gasteiger partial charge is 0.251 e. The minimum Gasteiger partial charge on any atom is -0.320 e. The Morgan fingerprint density at radius 2 is 2.20 bits per heavy atom. The van der Waals surface area contributed by atoms with E-state index < -0.39 is 0 Å². The van der Waals surface area contributed by atoms with Crippen LogP contribution in [0.5, 0.6) is 0 Å². The first kappa shape index (κ1) is 13.3. The lowest BCUT2D eigenvalue weighted by Gasteiger charge is -2.44. The number of rotatable bonds is 3. The van der Waals surface area contributed by atoms with Gasteiger partial charge in [-0.1, -0.05) is 13.8 Å². The van der Waals surface area contributed by atoms with Gasteiger partial charge in [-0.2, -0.15) is 0 Å². The average molecular weight is 271 g/mol. The van der Waals surface area contributed by atoms with Crippen molar-refractivity contribution in [2.24, 2.45) is 5.92 Å². The van der Waals surface area contributed by atoms with E-state index in [-0.39, 0.29) is 5.56 Å². The molecule has 2 aromatic rings. The van der Waals surface area contributed by atoms with Gasteiger partial charge in [-0.05, 0) is 37.0 Å². The molecule has 4 nitrogen and oxygen atoms in total. The highest BCUT2D eigenvalue weighted by molar-refractivity contribution is 5.74. The second kappa shape index (κ2) is 5.02. The van der Waals surface area contributed by atoms with Gasteiger partial charge in [-0.25, -0.2) is 0 Å². The molecule has 1 saturated heterocycles. The first-order valence-corrected chi connectivity index (χ1v) is 7.33. The molecule has 106 valence electrons. The Labute approximate surface area is 118 Å². The van der Waals surface area contributed by atoms with E-state index in [2.05, 4.69) is 34.8 Å². The summed E-state index contributed by atoms with van der Waals surface area (Å²) in [5.74, 6) is 0.773. The molecule has 1 fully saturated rings. The topological polar surface area (TPSA) is 49.0 Å². The standard InChI is InChI=1S/C16H21N3O/c1-4-13-6-14-15(18-16(13)20)5-12(7-17-14)9-19-8-10(2)11(19)3/h5-7,10-11H,4,8-9H2,1-3H3,(H,18,20)/t10-,11+/m0/s1. The Balaban J connectivity index is 1.89. The Morgan fingerprint density at radius 1 is 1.40 bits per heavy atom. The van der Waals surface area contributed by atoms with Crippen LogP contribution in [0.2, 0.25) is 0 Å². The monoisotopic (exact) mass is 271 g/mol. The van der Waals surface area contributed by atoms with E-state index in [1.54, 1.807) is 0 Å². The van der Waals surface area contributed by atoms with Gasteiger partial charge in [-0.3, -0.25) is 14.7 Å². The summed E-state index contributed by atoms with van der Waals surface area (Å²) in [6, 6.07) is 4.58. The molecule has 0 bridgehead atoms. The minimum atomic E-state index is 0.00453. The van der Waals surface area contributed by atoms with Crippen LogP contribution in [0.3, 0.4) is 0 Å². The molecular formula is C16H21N3O. The van der Waals surface area contributed by atoms with E-state index in [0.29, 0.717) is 6.04 Å². The number of aryl methyl sites for hydroxylation is 1. The van der Waals surface area contributed by atoms with Crippen LogP contribution in [-0.4, -0.2) is 27.5 Å². The van der Waals surface area contributed by atoms with Gasteiger partial charge in [0.2, 0.25) is 0 Å². The number of nitrogens with zero attached hydrogens (tertiary/aromatic N) is 2. The highest BCUT2D eigenvalue weighted by Crippen LogP contribution is 2.26. The van der Waals surface area contributed by atoms with Crippen LogP contribution in [0, 0.1) is 5.92 Å². The third-order valence-electron chi connectivity index (χ3n) is 4.51. The van der Waals surface area contributed by atoms with Crippen LogP contribution in [0.4, 0.5) is 0 Å². The van der Waals surface area contributed by atoms with Crippen LogP contribution in [0.15, 0.2) is 23.1 Å². The maximum atomic E-state index is 11.9. The zero-order valence-corrected chi connectivity index (χ0v) is 12.3. The summed E-state index contributed by atoms with van der Waals surface area (Å²) in [6.07, 6.45) is 2.66. The van der Waals surface area contributed by atoms with Gasteiger partial charge in [0.25, 0.3) is 5.56 Å². The fourth-order valence-corrected chi connectivity index (χ4v) is 2.87. The number of fused-ring (bicyclic) bond motifs is 1. The summed E-state index contributed by atoms with van der Waals surface area (Å²) in [5.41, 5.74) is 3.67. The molecule has 2 atom stereocenters. The van der Waals surface area contributed by atoms with E-state index in [9.17, 15) is 4.79 Å². The Bertz CT molecular complexity index is 692. The molecule has 0 aliphatic carbocycles. The molecule has 0 spiro atoms. The summed E-state index contributed by atoms with van der Waals surface area (Å²) >= 11 is 0. The minimum absolute atomic E-state index is 0.00453. The van der Waals surface area contributed by atoms with Gasteiger partial charge >= 0.3 is 0 Å². The number of aromatic nitrogens is 2. The van der Waals surface area contributed by atoms with Gasteiger partial charge < -0.3 is 4.98 Å². The zero-order valence-electron chi connectivity index (χ0n) is 12.3. The largest absolute Gasteiger partial charge is 0.320 e. The number of pyridine rings is 2. The van der Waals surface area contributed by atoms with E-state index in [0.717, 1.165) is 47.6 Å². The summed E-state index contributed by atoms with van der Waals surface area (Å²) in [5, 5.41) is 0. The Kier molecular flexibility index (Phi) is 3.34. The van der Waals surface area contributed by atoms with Gasteiger partial charge in [0.15, 0.2) is 0 Å². The van der Waals surface area contributed by atoms with Gasteiger partial charge in [0.1, 0.15) is 0 Å². The van der Waals surface area contributed by atoms with Crippen molar-refractivity contribution in [1.29, 1.82) is 0 Å². The maximum Gasteiger partial charge on any atom is 0.251 e. The van der Waals surface area contributed by atoms with Crippen LogP contribution >= 0.6 is 0 Å². The van der Waals surface area contributed by atoms with E-state index in [1.807, 2.05) is 19.2 Å². The normalized spacial score (nSPS) is 22.9. The lowest BCUT2D eigenvalue weighted by Crippen LogP contribution is -2.52. The molecule has 3 rings (SSSR count). The number of nitrogens with one attached hydrogen (secondary N) is 1. The van der Waals surface area contributed by atoms with Crippen LogP contribution in [0.1, 0.15) is 31.9 Å². The number of hydrogen-bond acceptors (Lipinski definition) is 3. The van der Waals surface area contributed by atoms with Crippen LogP contribution in [-0.2, 0) is 13.0 Å². The molecule has 2 aromatic heterocycles. The van der Waals surface area contributed by atoms with Crippen molar-refractivity contribution in [2.45, 2.75) is 39.8 Å². The van der Waals surface area contributed by atoms with Crippen molar-refractivity contribution in [3.05, 3.63) is 39.8 Å². The number of H-pyrrole nitrogens is 1. The van der Waals surface area contributed by atoms with Crippen LogP contribution in [0.25, 0.3) is 11.0 Å². The maximum absolute atomic E-state index is 11.9. The lowest BCUT2D eigenvalue weighted by molar-refractivity contribution is 0.0306. The second-order valence-electron chi connectivity index (χ2n) is 5.90. The fraction of sp³-hybridized carbons (Fsp3) is 0.500. The molecule has 4 heteroatoms. The molecule has 0 amide bonds. The molecule has 1 aliphatic rings. The van der Waals surface area contributed by atoms with Gasteiger partial charge in [0.05, 0.1) is 11.0 Å². The first-order valence-electron chi connectivity index (χ1n) is 7.33. The van der Waals surface area contributed by atoms with E-state index >= 15 is 0 Å². The third-order valence-corrected chi connectivity index (χ3v) is 4.51. The van der Waals surface area contributed by atoms with Gasteiger partial charge in [0, 0.05) is 30.9 Å². The predicted molar refractivity (Wildman–Crippen MR) is 80.8 cm³/mol. The molecule has 0 aromatic carbocycles. The summed E-state index contributed by atoms with van der Waals surface area (Å²) in [4.78, 5) is 21.7. The Morgan fingerprint density at radius 3 is 2.85 bits per heavy atom.